The fraction of sp³-hybridized carbons (Fsp3) is 0.259. The first-order chi connectivity index (χ1) is 17.1. The highest BCUT2D eigenvalue weighted by molar-refractivity contribution is 6.31. The molecule has 6 nitrogen and oxygen atoms in total. The second kappa shape index (κ2) is 10.1. The van der Waals surface area contributed by atoms with Crippen molar-refractivity contribution in [1.82, 2.24) is 4.90 Å². The van der Waals surface area contributed by atoms with Crippen LogP contribution < -0.4 is 9.47 Å². The molecule has 1 aliphatic heterocycles. The van der Waals surface area contributed by atoms with Gasteiger partial charge in [0.25, 0.3) is 5.91 Å². The van der Waals surface area contributed by atoms with Gasteiger partial charge in [0.05, 0.1) is 7.11 Å². The van der Waals surface area contributed by atoms with Gasteiger partial charge in [-0.05, 0) is 48.4 Å². The van der Waals surface area contributed by atoms with Crippen LogP contribution in [0.1, 0.15) is 34.0 Å². The van der Waals surface area contributed by atoms with E-state index < -0.39 is 29.8 Å². The van der Waals surface area contributed by atoms with Gasteiger partial charge in [-0.1, -0.05) is 35.9 Å². The van der Waals surface area contributed by atoms with Gasteiger partial charge >= 0.3 is 5.97 Å². The van der Waals surface area contributed by atoms with Crippen molar-refractivity contribution in [2.45, 2.75) is 31.9 Å². The second-order valence-corrected chi connectivity index (χ2v) is 9.36. The minimum atomic E-state index is -1.21. The molecule has 0 radical (unpaired) electrons. The number of carbonyl (C=O) groups is 2. The van der Waals surface area contributed by atoms with Crippen LogP contribution in [0.4, 0.5) is 8.78 Å². The highest BCUT2D eigenvalue weighted by Gasteiger charge is 2.38. The largest absolute Gasteiger partial charge is 0.493 e. The number of aliphatic carboxylic acids is 1. The number of hydrogen-bond acceptors (Lipinski definition) is 4. The van der Waals surface area contributed by atoms with E-state index in [-0.39, 0.29) is 22.9 Å². The van der Waals surface area contributed by atoms with Gasteiger partial charge in [-0.15, -0.1) is 0 Å². The van der Waals surface area contributed by atoms with Crippen molar-refractivity contribution in [3.8, 4) is 11.5 Å². The Bertz CT molecular complexity index is 1330. The summed E-state index contributed by atoms with van der Waals surface area (Å²) in [4.78, 5) is 26.0. The standard InChI is InChI=1S/C27H24ClF2NO5/c1-27(12-16-5-3-4-6-22(16)30)13-19-9-18(10-23(35-2)25(19)36-27)26(34)31(15-24(32)33)14-17-7-8-20(29)11-21(17)28/h3-11H,12-15H2,1-2H3,(H,32,33)/t27-/m1/s1. The van der Waals surface area contributed by atoms with Gasteiger partial charge in [0.2, 0.25) is 0 Å². The molecule has 1 N–H and O–H groups in total. The molecule has 0 aromatic heterocycles. The summed E-state index contributed by atoms with van der Waals surface area (Å²) in [7, 11) is 1.44. The van der Waals surface area contributed by atoms with Gasteiger partial charge in [-0.2, -0.15) is 0 Å². The molecule has 3 aromatic carbocycles. The van der Waals surface area contributed by atoms with Crippen LogP contribution in [0, 0.1) is 11.6 Å². The first-order valence-corrected chi connectivity index (χ1v) is 11.5. The number of methoxy groups -OCH3 is 1. The maximum absolute atomic E-state index is 14.3. The molecule has 1 atom stereocenters. The lowest BCUT2D eigenvalue weighted by molar-refractivity contribution is -0.137. The Morgan fingerprint density at radius 2 is 1.89 bits per heavy atom. The number of carbonyl (C=O) groups excluding carboxylic acids is 1. The lowest BCUT2D eigenvalue weighted by Gasteiger charge is -2.24. The predicted octanol–water partition coefficient (Wildman–Crippen LogP) is 5.29. The average molecular weight is 516 g/mol. The molecular formula is C27H24ClF2NO5. The summed E-state index contributed by atoms with van der Waals surface area (Å²) >= 11 is 6.11. The number of carboxylic acid groups (broad SMARTS) is 1. The highest BCUT2D eigenvalue weighted by Crippen LogP contribution is 2.44. The molecule has 0 saturated heterocycles. The van der Waals surface area contributed by atoms with E-state index in [0.717, 1.165) is 11.0 Å². The maximum Gasteiger partial charge on any atom is 0.323 e. The molecule has 1 heterocycles. The fourth-order valence-corrected chi connectivity index (χ4v) is 4.64. The maximum atomic E-state index is 14.3. The van der Waals surface area contributed by atoms with E-state index in [0.29, 0.717) is 41.0 Å². The lowest BCUT2D eigenvalue weighted by atomic mass is 9.91. The number of rotatable bonds is 8. The molecule has 4 rings (SSSR count). The Labute approximate surface area is 212 Å². The minimum absolute atomic E-state index is 0.0852. The van der Waals surface area contributed by atoms with Crippen LogP contribution in [0.3, 0.4) is 0 Å². The molecule has 0 saturated carbocycles. The Morgan fingerprint density at radius 3 is 2.56 bits per heavy atom. The van der Waals surface area contributed by atoms with E-state index in [1.807, 2.05) is 6.92 Å². The van der Waals surface area contributed by atoms with Crippen molar-refractivity contribution < 1.29 is 33.0 Å². The van der Waals surface area contributed by atoms with Gasteiger partial charge in [-0.25, -0.2) is 8.78 Å². The van der Waals surface area contributed by atoms with Crippen LogP contribution >= 0.6 is 11.6 Å². The van der Waals surface area contributed by atoms with Crippen molar-refractivity contribution in [3.05, 3.63) is 93.5 Å². The van der Waals surface area contributed by atoms with E-state index >= 15 is 0 Å². The molecule has 1 aliphatic rings. The van der Waals surface area contributed by atoms with Gasteiger partial charge in [0.1, 0.15) is 23.8 Å². The van der Waals surface area contributed by atoms with Crippen LogP contribution in [-0.4, -0.2) is 41.1 Å². The molecule has 0 aliphatic carbocycles. The number of halogens is 3. The van der Waals surface area contributed by atoms with E-state index in [1.54, 1.807) is 24.3 Å². The zero-order chi connectivity index (χ0) is 26.0. The molecule has 188 valence electrons. The van der Waals surface area contributed by atoms with Crippen molar-refractivity contribution in [2.24, 2.45) is 0 Å². The van der Waals surface area contributed by atoms with Gasteiger partial charge in [0.15, 0.2) is 11.5 Å². The van der Waals surface area contributed by atoms with Crippen LogP contribution in [0.15, 0.2) is 54.6 Å². The number of fused-ring (bicyclic) bond motifs is 1. The van der Waals surface area contributed by atoms with E-state index in [1.165, 1.54) is 31.4 Å². The summed E-state index contributed by atoms with van der Waals surface area (Å²) in [6.07, 6.45) is 0.686. The molecule has 9 heteroatoms. The van der Waals surface area contributed by atoms with E-state index in [4.69, 9.17) is 21.1 Å². The van der Waals surface area contributed by atoms with Crippen molar-refractivity contribution in [3.63, 3.8) is 0 Å². The van der Waals surface area contributed by atoms with Crippen LogP contribution in [0.5, 0.6) is 11.5 Å². The number of benzene rings is 3. The topological polar surface area (TPSA) is 76.1 Å². The highest BCUT2D eigenvalue weighted by atomic mass is 35.5. The summed E-state index contributed by atoms with van der Waals surface area (Å²) < 4.78 is 39.4. The van der Waals surface area contributed by atoms with Crippen molar-refractivity contribution >= 4 is 23.5 Å². The number of carboxylic acids is 1. The lowest BCUT2D eigenvalue weighted by Crippen LogP contribution is -2.35. The van der Waals surface area contributed by atoms with Crippen LogP contribution in [-0.2, 0) is 24.2 Å². The third kappa shape index (κ3) is 5.44. The summed E-state index contributed by atoms with van der Waals surface area (Å²) in [5.41, 5.74) is 1.02. The summed E-state index contributed by atoms with van der Waals surface area (Å²) in [6.45, 7) is 1.13. The predicted molar refractivity (Wildman–Crippen MR) is 130 cm³/mol. The summed E-state index contributed by atoms with van der Waals surface area (Å²) in [6, 6.07) is 13.3. The number of nitrogens with zero attached hydrogens (tertiary/aromatic N) is 1. The third-order valence-electron chi connectivity index (χ3n) is 6.02. The molecule has 0 spiro atoms. The van der Waals surface area contributed by atoms with E-state index in [9.17, 15) is 23.5 Å². The van der Waals surface area contributed by atoms with Crippen molar-refractivity contribution in [2.75, 3.05) is 13.7 Å². The normalized spacial score (nSPS) is 16.2. The quantitative estimate of drug-likeness (QED) is 0.441. The zero-order valence-electron chi connectivity index (χ0n) is 19.7. The SMILES string of the molecule is COc1cc(C(=O)N(CC(=O)O)Cc2ccc(F)cc2Cl)cc2c1O[C@](C)(Cc1ccccc1F)C2. The first kappa shape index (κ1) is 25.4. The monoisotopic (exact) mass is 515 g/mol. The number of amides is 1. The minimum Gasteiger partial charge on any atom is -0.493 e. The van der Waals surface area contributed by atoms with Gasteiger partial charge in [0, 0.05) is 35.5 Å². The second-order valence-electron chi connectivity index (χ2n) is 8.95. The third-order valence-corrected chi connectivity index (χ3v) is 6.38. The molecule has 3 aromatic rings. The van der Waals surface area contributed by atoms with Gasteiger partial charge in [-0.3, -0.25) is 9.59 Å². The first-order valence-electron chi connectivity index (χ1n) is 11.2. The zero-order valence-corrected chi connectivity index (χ0v) is 20.4. The summed E-state index contributed by atoms with van der Waals surface area (Å²) in [5.74, 6) is -1.88. The Morgan fingerprint density at radius 1 is 1.14 bits per heavy atom. The molecule has 0 unspecified atom stereocenters. The Kier molecular flexibility index (Phi) is 7.17. The molecule has 0 bridgehead atoms. The number of hydrogen-bond donors (Lipinski definition) is 1. The molecule has 0 fully saturated rings. The van der Waals surface area contributed by atoms with Crippen molar-refractivity contribution in [1.29, 1.82) is 0 Å². The van der Waals surface area contributed by atoms with Crippen LogP contribution in [0.25, 0.3) is 0 Å². The smallest absolute Gasteiger partial charge is 0.323 e. The average Bonchev–Trinajstić information content (AvgIpc) is 3.16. The molecular weight excluding hydrogens is 492 g/mol. The fourth-order valence-electron chi connectivity index (χ4n) is 4.41. The van der Waals surface area contributed by atoms with E-state index in [2.05, 4.69) is 0 Å². The summed E-state index contributed by atoms with van der Waals surface area (Å²) in [5, 5.41) is 9.48. The number of ether oxygens (including phenoxy) is 2. The Balaban J connectivity index is 1.63. The Hall–Kier alpha value is -3.65. The molecule has 36 heavy (non-hydrogen) atoms. The molecule has 1 amide bonds. The van der Waals surface area contributed by atoms with Gasteiger partial charge < -0.3 is 19.5 Å². The van der Waals surface area contributed by atoms with Crippen LogP contribution in [0.2, 0.25) is 5.02 Å².